The molecule has 3 rings (SSSR count). The number of amides is 2. The number of aromatic nitrogens is 2. The molecule has 19 heavy (non-hydrogen) atoms. The molecule has 0 saturated carbocycles. The Hall–Kier alpha value is -2.01. The van der Waals surface area contributed by atoms with Crippen LogP contribution in [0.3, 0.4) is 0 Å². The highest BCUT2D eigenvalue weighted by Crippen LogP contribution is 2.28. The van der Waals surface area contributed by atoms with Gasteiger partial charge in [-0.05, 0) is 18.1 Å². The number of rotatable bonds is 1. The highest BCUT2D eigenvalue weighted by atomic mass is 35.5. The molecule has 6 heteroatoms. The third-order valence-corrected chi connectivity index (χ3v) is 3.56. The number of hydrogen-bond acceptors (Lipinski definition) is 4. The van der Waals surface area contributed by atoms with Crippen LogP contribution in [-0.2, 0) is 9.59 Å². The first-order chi connectivity index (χ1) is 9.15. The van der Waals surface area contributed by atoms with Gasteiger partial charge in [0.05, 0.1) is 12.1 Å². The minimum atomic E-state index is -0.297. The van der Waals surface area contributed by atoms with Crippen molar-refractivity contribution in [2.75, 3.05) is 0 Å². The molecule has 1 atom stereocenters. The summed E-state index contributed by atoms with van der Waals surface area (Å²) in [6, 6.07) is 5.54. The van der Waals surface area contributed by atoms with E-state index in [-0.39, 0.29) is 17.7 Å². The van der Waals surface area contributed by atoms with Crippen LogP contribution < -0.4 is 5.32 Å². The van der Waals surface area contributed by atoms with Gasteiger partial charge in [0, 0.05) is 17.2 Å². The van der Waals surface area contributed by atoms with E-state index in [1.165, 1.54) is 0 Å². The number of fused-ring (bicyclic) bond motifs is 1. The highest BCUT2D eigenvalue weighted by molar-refractivity contribution is 6.34. The van der Waals surface area contributed by atoms with Gasteiger partial charge in [-0.25, -0.2) is 0 Å². The fraction of sp³-hybridized carbons (Fsp3) is 0.231. The summed E-state index contributed by atoms with van der Waals surface area (Å²) in [4.78, 5) is 23.0. The number of imide groups is 1. The number of carbonyl (C=O) groups is 2. The van der Waals surface area contributed by atoms with Gasteiger partial charge in [0.2, 0.25) is 11.8 Å². The van der Waals surface area contributed by atoms with Gasteiger partial charge >= 0.3 is 0 Å². The molecule has 2 amide bonds. The van der Waals surface area contributed by atoms with E-state index in [1.807, 2.05) is 18.2 Å². The Morgan fingerprint density at radius 1 is 1.32 bits per heavy atom. The normalized spacial score (nSPS) is 19.5. The second-order valence-electron chi connectivity index (χ2n) is 4.49. The Morgan fingerprint density at radius 3 is 2.95 bits per heavy atom. The van der Waals surface area contributed by atoms with Gasteiger partial charge in [-0.1, -0.05) is 23.7 Å². The average molecular weight is 276 g/mol. The molecule has 2 aromatic rings. The molecule has 1 fully saturated rings. The smallest absolute Gasteiger partial charge is 0.234 e. The fourth-order valence-corrected chi connectivity index (χ4v) is 2.52. The maximum absolute atomic E-state index is 11.8. The Bertz CT molecular complexity index is 687. The fourth-order valence-electron chi connectivity index (χ4n) is 2.30. The van der Waals surface area contributed by atoms with E-state index < -0.39 is 0 Å². The van der Waals surface area contributed by atoms with Gasteiger partial charge in [-0.15, -0.1) is 5.10 Å². The number of benzene rings is 1. The minimum absolute atomic E-state index is 0.212. The Kier molecular flexibility index (Phi) is 2.91. The van der Waals surface area contributed by atoms with Crippen molar-refractivity contribution in [3.05, 3.63) is 35.1 Å². The summed E-state index contributed by atoms with van der Waals surface area (Å²) in [6.45, 7) is 0. The Balaban J connectivity index is 2.02. The molecular formula is C13H10ClN3O2. The topological polar surface area (TPSA) is 72.0 Å². The molecule has 1 aromatic heterocycles. The lowest BCUT2D eigenvalue weighted by Crippen LogP contribution is -2.39. The summed E-state index contributed by atoms with van der Waals surface area (Å²) in [6.07, 6.45) is 2.50. The first kappa shape index (κ1) is 12.0. The molecule has 1 N–H and O–H groups in total. The number of nitrogens with zero attached hydrogens (tertiary/aromatic N) is 2. The van der Waals surface area contributed by atoms with Crippen LogP contribution in [0.25, 0.3) is 10.8 Å². The van der Waals surface area contributed by atoms with Crippen LogP contribution in [-0.4, -0.2) is 22.0 Å². The highest BCUT2D eigenvalue weighted by Gasteiger charge is 2.27. The second-order valence-corrected chi connectivity index (χ2v) is 4.84. The van der Waals surface area contributed by atoms with E-state index in [2.05, 4.69) is 15.5 Å². The van der Waals surface area contributed by atoms with Crippen molar-refractivity contribution in [3.63, 3.8) is 0 Å². The van der Waals surface area contributed by atoms with E-state index in [0.29, 0.717) is 18.0 Å². The predicted octanol–water partition coefficient (Wildman–Crippen LogP) is 1.80. The van der Waals surface area contributed by atoms with Gasteiger partial charge < -0.3 is 0 Å². The molecule has 0 spiro atoms. The van der Waals surface area contributed by atoms with Crippen LogP contribution in [0.5, 0.6) is 0 Å². The molecule has 96 valence electrons. The maximum Gasteiger partial charge on any atom is 0.234 e. The number of piperidine rings is 1. The number of halogens is 1. The molecule has 2 heterocycles. The lowest BCUT2D eigenvalue weighted by atomic mass is 9.89. The van der Waals surface area contributed by atoms with Gasteiger partial charge in [-0.3, -0.25) is 14.9 Å². The third-order valence-electron chi connectivity index (χ3n) is 3.28. The largest absolute Gasteiger partial charge is 0.296 e. The van der Waals surface area contributed by atoms with Crippen LogP contribution in [0, 0.1) is 0 Å². The molecule has 1 saturated heterocycles. The van der Waals surface area contributed by atoms with E-state index >= 15 is 0 Å². The first-order valence-electron chi connectivity index (χ1n) is 5.89. The number of nitrogens with one attached hydrogen (secondary N) is 1. The summed E-state index contributed by atoms with van der Waals surface area (Å²) in [5.41, 5.74) is 0.863. The zero-order chi connectivity index (χ0) is 13.4. The molecule has 0 bridgehead atoms. The van der Waals surface area contributed by atoms with E-state index in [4.69, 9.17) is 11.6 Å². The summed E-state index contributed by atoms with van der Waals surface area (Å²) in [7, 11) is 0. The van der Waals surface area contributed by atoms with Gasteiger partial charge in [-0.2, -0.15) is 5.10 Å². The summed E-state index contributed by atoms with van der Waals surface area (Å²) < 4.78 is 0. The average Bonchev–Trinajstić information content (AvgIpc) is 2.38. The second kappa shape index (κ2) is 4.59. The number of carbonyl (C=O) groups excluding carboxylic acids is 2. The van der Waals surface area contributed by atoms with Gasteiger partial charge in [0.1, 0.15) is 0 Å². The lowest BCUT2D eigenvalue weighted by Gasteiger charge is -2.21. The predicted molar refractivity (Wildman–Crippen MR) is 69.7 cm³/mol. The van der Waals surface area contributed by atoms with Crippen LogP contribution in [0.15, 0.2) is 24.4 Å². The van der Waals surface area contributed by atoms with Crippen molar-refractivity contribution in [1.29, 1.82) is 0 Å². The maximum atomic E-state index is 11.8. The monoisotopic (exact) mass is 275 g/mol. The molecule has 5 nitrogen and oxygen atoms in total. The van der Waals surface area contributed by atoms with E-state index in [0.717, 1.165) is 16.3 Å². The van der Waals surface area contributed by atoms with E-state index in [1.54, 1.807) is 6.20 Å². The van der Waals surface area contributed by atoms with Crippen molar-refractivity contribution in [1.82, 2.24) is 15.5 Å². The van der Waals surface area contributed by atoms with Crippen molar-refractivity contribution in [2.45, 2.75) is 18.8 Å². The lowest BCUT2D eigenvalue weighted by molar-refractivity contribution is -0.134. The Morgan fingerprint density at radius 2 is 2.16 bits per heavy atom. The van der Waals surface area contributed by atoms with Crippen LogP contribution in [0.1, 0.15) is 24.3 Å². The first-order valence-corrected chi connectivity index (χ1v) is 6.27. The number of hydrogen-bond donors (Lipinski definition) is 1. The molecule has 1 aromatic carbocycles. The molecule has 0 radical (unpaired) electrons. The molecular weight excluding hydrogens is 266 g/mol. The summed E-state index contributed by atoms with van der Waals surface area (Å²) >= 11 is 5.95. The van der Waals surface area contributed by atoms with Crippen molar-refractivity contribution in [3.8, 4) is 0 Å². The summed E-state index contributed by atoms with van der Waals surface area (Å²) in [5.74, 6) is -0.756. The third kappa shape index (κ3) is 2.17. The standard InChI is InChI=1S/C13H10ClN3O2/c14-12-9-2-1-7(5-8(9)6-15-17-12)10-3-4-11(18)16-13(10)19/h1-2,5-6,10H,3-4H2,(H,16,18,19). The molecule has 1 unspecified atom stereocenters. The van der Waals surface area contributed by atoms with Crippen LogP contribution in [0.2, 0.25) is 5.15 Å². The quantitative estimate of drug-likeness (QED) is 0.806. The van der Waals surface area contributed by atoms with Crippen molar-refractivity contribution < 1.29 is 9.59 Å². The van der Waals surface area contributed by atoms with Crippen LogP contribution in [0.4, 0.5) is 0 Å². The zero-order valence-corrected chi connectivity index (χ0v) is 10.6. The van der Waals surface area contributed by atoms with E-state index in [9.17, 15) is 9.59 Å². The summed E-state index contributed by atoms with van der Waals surface area (Å²) in [5, 5.41) is 11.9. The van der Waals surface area contributed by atoms with Crippen LogP contribution >= 0.6 is 11.6 Å². The zero-order valence-electron chi connectivity index (χ0n) is 9.89. The molecule has 0 aliphatic carbocycles. The van der Waals surface area contributed by atoms with Gasteiger partial charge in [0.25, 0.3) is 0 Å². The van der Waals surface area contributed by atoms with Crippen molar-refractivity contribution >= 4 is 34.2 Å². The SMILES string of the molecule is O=C1CCC(c2ccc3c(Cl)nncc3c2)C(=O)N1. The molecule has 1 aliphatic heterocycles. The Labute approximate surface area is 114 Å². The van der Waals surface area contributed by atoms with Gasteiger partial charge in [0.15, 0.2) is 5.15 Å². The van der Waals surface area contributed by atoms with Crippen molar-refractivity contribution in [2.24, 2.45) is 0 Å². The minimum Gasteiger partial charge on any atom is -0.296 e. The molecule has 1 aliphatic rings.